The van der Waals surface area contributed by atoms with Crippen molar-refractivity contribution in [3.05, 3.63) is 94.8 Å². The van der Waals surface area contributed by atoms with Crippen LogP contribution in [0.2, 0.25) is 5.02 Å². The molecule has 114 valence electrons. The molecule has 0 N–H and O–H groups in total. The molecule has 23 heavy (non-hydrogen) atoms. The van der Waals surface area contributed by atoms with Crippen LogP contribution in [0, 0.1) is 5.82 Å². The SMILES string of the molecule is O=C(c1ccc(F)cc1)c1ccc(Oc2ccc(Cl)cc2)cc1. The third kappa shape index (κ3) is 3.76. The molecule has 4 heteroatoms. The fourth-order valence-corrected chi connectivity index (χ4v) is 2.21. The van der Waals surface area contributed by atoms with Crippen molar-refractivity contribution in [1.29, 1.82) is 0 Å². The lowest BCUT2D eigenvalue weighted by molar-refractivity contribution is 0.103. The van der Waals surface area contributed by atoms with Gasteiger partial charge in [0.15, 0.2) is 5.78 Å². The van der Waals surface area contributed by atoms with E-state index in [0.29, 0.717) is 27.6 Å². The van der Waals surface area contributed by atoms with Gasteiger partial charge in [-0.25, -0.2) is 4.39 Å². The predicted octanol–water partition coefficient (Wildman–Crippen LogP) is 5.50. The molecule has 0 fully saturated rings. The van der Waals surface area contributed by atoms with Crippen molar-refractivity contribution in [2.24, 2.45) is 0 Å². The van der Waals surface area contributed by atoms with Crippen molar-refractivity contribution in [2.45, 2.75) is 0 Å². The van der Waals surface area contributed by atoms with Gasteiger partial charge in [-0.2, -0.15) is 0 Å². The second kappa shape index (κ2) is 6.63. The summed E-state index contributed by atoms with van der Waals surface area (Å²) in [4.78, 5) is 12.3. The quantitative estimate of drug-likeness (QED) is 0.591. The van der Waals surface area contributed by atoms with Gasteiger partial charge in [-0.15, -0.1) is 0 Å². The monoisotopic (exact) mass is 326 g/mol. The second-order valence-corrected chi connectivity index (χ2v) is 5.35. The summed E-state index contributed by atoms with van der Waals surface area (Å²) in [6, 6.07) is 19.3. The van der Waals surface area contributed by atoms with Crippen molar-refractivity contribution >= 4 is 17.4 Å². The van der Waals surface area contributed by atoms with Gasteiger partial charge in [0, 0.05) is 16.1 Å². The zero-order valence-electron chi connectivity index (χ0n) is 12.0. The Morgan fingerprint density at radius 3 is 1.70 bits per heavy atom. The van der Waals surface area contributed by atoms with Gasteiger partial charge in [0.25, 0.3) is 0 Å². The fourth-order valence-electron chi connectivity index (χ4n) is 2.08. The van der Waals surface area contributed by atoms with E-state index in [1.807, 2.05) is 0 Å². The normalized spacial score (nSPS) is 10.3. The molecular weight excluding hydrogens is 315 g/mol. The van der Waals surface area contributed by atoms with Crippen molar-refractivity contribution in [3.8, 4) is 11.5 Å². The van der Waals surface area contributed by atoms with Crippen molar-refractivity contribution in [1.82, 2.24) is 0 Å². The van der Waals surface area contributed by atoms with Crippen molar-refractivity contribution in [2.75, 3.05) is 0 Å². The minimum absolute atomic E-state index is 0.164. The highest BCUT2D eigenvalue weighted by molar-refractivity contribution is 6.30. The fraction of sp³-hybridized carbons (Fsp3) is 0. The molecule has 0 amide bonds. The van der Waals surface area contributed by atoms with Gasteiger partial charge in [0.1, 0.15) is 17.3 Å². The minimum Gasteiger partial charge on any atom is -0.457 e. The van der Waals surface area contributed by atoms with Crippen LogP contribution >= 0.6 is 11.6 Å². The summed E-state index contributed by atoms with van der Waals surface area (Å²) >= 11 is 5.82. The maximum atomic E-state index is 12.9. The highest BCUT2D eigenvalue weighted by atomic mass is 35.5. The van der Waals surface area contributed by atoms with Crippen LogP contribution in [0.3, 0.4) is 0 Å². The number of carbonyl (C=O) groups is 1. The van der Waals surface area contributed by atoms with E-state index < -0.39 is 0 Å². The molecule has 0 radical (unpaired) electrons. The van der Waals surface area contributed by atoms with Crippen LogP contribution in [0.1, 0.15) is 15.9 Å². The van der Waals surface area contributed by atoms with Crippen LogP contribution in [0.4, 0.5) is 4.39 Å². The molecule has 0 aliphatic rings. The third-order valence-corrected chi connectivity index (χ3v) is 3.52. The highest BCUT2D eigenvalue weighted by Crippen LogP contribution is 2.24. The Balaban J connectivity index is 1.75. The Hall–Kier alpha value is -2.65. The minimum atomic E-state index is -0.367. The summed E-state index contributed by atoms with van der Waals surface area (Å²) in [7, 11) is 0. The third-order valence-electron chi connectivity index (χ3n) is 3.27. The summed E-state index contributed by atoms with van der Waals surface area (Å²) in [6.07, 6.45) is 0. The van der Waals surface area contributed by atoms with E-state index in [9.17, 15) is 9.18 Å². The summed E-state index contributed by atoms with van der Waals surface area (Å²) in [5.41, 5.74) is 0.956. The van der Waals surface area contributed by atoms with Gasteiger partial charge in [0.2, 0.25) is 0 Å². The van der Waals surface area contributed by atoms with E-state index in [2.05, 4.69) is 0 Å². The highest BCUT2D eigenvalue weighted by Gasteiger charge is 2.09. The Labute approximate surface area is 138 Å². The van der Waals surface area contributed by atoms with Crippen LogP contribution < -0.4 is 4.74 Å². The standard InChI is InChI=1S/C19H12ClFO2/c20-15-5-11-18(12-6-15)23-17-9-3-14(4-10-17)19(22)13-1-7-16(21)8-2-13/h1-12H. The van der Waals surface area contributed by atoms with Gasteiger partial charge in [-0.3, -0.25) is 4.79 Å². The van der Waals surface area contributed by atoms with Crippen LogP contribution in [0.15, 0.2) is 72.8 Å². The molecule has 3 aromatic carbocycles. The molecule has 3 rings (SSSR count). The van der Waals surface area contributed by atoms with Crippen LogP contribution in [0.25, 0.3) is 0 Å². The number of ether oxygens (including phenoxy) is 1. The van der Waals surface area contributed by atoms with E-state index >= 15 is 0 Å². The maximum absolute atomic E-state index is 12.9. The number of carbonyl (C=O) groups excluding carboxylic acids is 1. The molecule has 0 aromatic heterocycles. The zero-order valence-corrected chi connectivity index (χ0v) is 12.8. The first kappa shape index (κ1) is 15.3. The maximum Gasteiger partial charge on any atom is 0.193 e. The second-order valence-electron chi connectivity index (χ2n) is 4.92. The lowest BCUT2D eigenvalue weighted by Crippen LogP contribution is -2.01. The Bertz CT molecular complexity index is 809. The molecule has 3 aromatic rings. The van der Waals surface area contributed by atoms with Crippen LogP contribution in [0.5, 0.6) is 11.5 Å². The first-order valence-electron chi connectivity index (χ1n) is 6.95. The van der Waals surface area contributed by atoms with Crippen LogP contribution in [-0.2, 0) is 0 Å². The number of hydrogen-bond donors (Lipinski definition) is 0. The lowest BCUT2D eigenvalue weighted by Gasteiger charge is -2.07. The van der Waals surface area contributed by atoms with Crippen molar-refractivity contribution < 1.29 is 13.9 Å². The van der Waals surface area contributed by atoms with E-state index in [1.165, 1.54) is 24.3 Å². The molecule has 0 saturated carbocycles. The molecule has 0 aliphatic carbocycles. The van der Waals surface area contributed by atoms with E-state index in [1.54, 1.807) is 48.5 Å². The molecule has 0 spiro atoms. The first-order valence-corrected chi connectivity index (χ1v) is 7.33. The zero-order chi connectivity index (χ0) is 16.2. The topological polar surface area (TPSA) is 26.3 Å². The Morgan fingerprint density at radius 2 is 1.17 bits per heavy atom. The number of benzene rings is 3. The number of rotatable bonds is 4. The molecule has 0 unspecified atom stereocenters. The van der Waals surface area contributed by atoms with E-state index in [0.717, 1.165) is 0 Å². The first-order chi connectivity index (χ1) is 11.1. The lowest BCUT2D eigenvalue weighted by atomic mass is 10.0. The molecule has 0 bridgehead atoms. The van der Waals surface area contributed by atoms with Gasteiger partial charge >= 0.3 is 0 Å². The molecule has 0 heterocycles. The van der Waals surface area contributed by atoms with E-state index in [4.69, 9.17) is 16.3 Å². The Morgan fingerprint density at radius 1 is 0.739 bits per heavy atom. The molecule has 0 aliphatic heterocycles. The molecule has 2 nitrogen and oxygen atoms in total. The Kier molecular flexibility index (Phi) is 4.40. The van der Waals surface area contributed by atoms with Crippen molar-refractivity contribution in [3.63, 3.8) is 0 Å². The summed E-state index contributed by atoms with van der Waals surface area (Å²) < 4.78 is 18.6. The van der Waals surface area contributed by atoms with Gasteiger partial charge < -0.3 is 4.74 Å². The number of hydrogen-bond acceptors (Lipinski definition) is 2. The number of halogens is 2. The number of ketones is 1. The van der Waals surface area contributed by atoms with Gasteiger partial charge in [-0.1, -0.05) is 11.6 Å². The predicted molar refractivity (Wildman–Crippen MR) is 87.8 cm³/mol. The average molecular weight is 327 g/mol. The average Bonchev–Trinajstić information content (AvgIpc) is 2.58. The summed E-state index contributed by atoms with van der Waals surface area (Å²) in [5.74, 6) is 0.742. The van der Waals surface area contributed by atoms with Gasteiger partial charge in [-0.05, 0) is 72.8 Å². The summed E-state index contributed by atoms with van der Waals surface area (Å²) in [5, 5.41) is 0.637. The largest absolute Gasteiger partial charge is 0.457 e. The van der Waals surface area contributed by atoms with Crippen LogP contribution in [-0.4, -0.2) is 5.78 Å². The van der Waals surface area contributed by atoms with Gasteiger partial charge in [0.05, 0.1) is 0 Å². The molecular formula is C19H12ClFO2. The molecule has 0 atom stereocenters. The molecule has 0 saturated heterocycles. The summed E-state index contributed by atoms with van der Waals surface area (Å²) in [6.45, 7) is 0. The van der Waals surface area contributed by atoms with E-state index in [-0.39, 0.29) is 11.6 Å². The smallest absolute Gasteiger partial charge is 0.193 e.